The van der Waals surface area contributed by atoms with Crippen molar-refractivity contribution in [1.29, 1.82) is 0 Å². The fourth-order valence-corrected chi connectivity index (χ4v) is 2.40. The lowest BCUT2D eigenvalue weighted by Crippen LogP contribution is -2.15. The number of carbonyl (C=O) groups excluding carboxylic acids is 1. The van der Waals surface area contributed by atoms with E-state index in [0.29, 0.717) is 11.5 Å². The Morgan fingerprint density at radius 3 is 2.74 bits per heavy atom. The molecular formula is C15H17BrN2O. The minimum atomic E-state index is -0.409. The number of amides is 1. The van der Waals surface area contributed by atoms with E-state index in [1.54, 1.807) is 0 Å². The van der Waals surface area contributed by atoms with Gasteiger partial charge in [0.05, 0.1) is 16.8 Å². The zero-order valence-corrected chi connectivity index (χ0v) is 12.7. The molecule has 1 aromatic carbocycles. The largest absolute Gasteiger partial charge is 0.366 e. The third-order valence-corrected chi connectivity index (χ3v) is 3.57. The summed E-state index contributed by atoms with van der Waals surface area (Å²) in [4.78, 5) is 16.2. The predicted octanol–water partition coefficient (Wildman–Crippen LogP) is 3.68. The van der Waals surface area contributed by atoms with Crippen LogP contribution in [0, 0.1) is 5.92 Å². The highest BCUT2D eigenvalue weighted by atomic mass is 79.9. The summed E-state index contributed by atoms with van der Waals surface area (Å²) in [6.07, 6.45) is 1.78. The Hall–Kier alpha value is -1.42. The molecule has 1 heterocycles. The first-order valence-electron chi connectivity index (χ1n) is 6.36. The molecule has 1 aromatic heterocycles. The summed E-state index contributed by atoms with van der Waals surface area (Å²) in [5.74, 6) is 0.163. The molecule has 0 bridgehead atoms. The van der Waals surface area contributed by atoms with E-state index in [-0.39, 0.29) is 0 Å². The summed E-state index contributed by atoms with van der Waals surface area (Å²) in [5.41, 5.74) is 7.69. The molecule has 3 nitrogen and oxygen atoms in total. The smallest absolute Gasteiger partial charge is 0.250 e. The van der Waals surface area contributed by atoms with Crippen LogP contribution in [0.4, 0.5) is 0 Å². The van der Waals surface area contributed by atoms with Crippen LogP contribution in [0.5, 0.6) is 0 Å². The third-order valence-electron chi connectivity index (χ3n) is 3.08. The Bertz CT molecular complexity index is 623. The molecule has 0 unspecified atom stereocenters. The van der Waals surface area contributed by atoms with Crippen molar-refractivity contribution in [3.05, 3.63) is 40.0 Å². The Kier molecular flexibility index (Phi) is 4.20. The molecule has 0 aliphatic carbocycles. The van der Waals surface area contributed by atoms with E-state index in [2.05, 4.69) is 34.8 Å². The van der Waals surface area contributed by atoms with Gasteiger partial charge in [-0.15, -0.1) is 0 Å². The van der Waals surface area contributed by atoms with Gasteiger partial charge in [0, 0.05) is 9.86 Å². The van der Waals surface area contributed by atoms with Crippen molar-refractivity contribution in [2.24, 2.45) is 11.7 Å². The lowest BCUT2D eigenvalue weighted by molar-refractivity contribution is 0.0999. The fraction of sp³-hybridized carbons (Fsp3) is 0.333. The molecule has 0 radical (unpaired) electrons. The topological polar surface area (TPSA) is 56.0 Å². The molecule has 19 heavy (non-hydrogen) atoms. The van der Waals surface area contributed by atoms with Crippen LogP contribution in [0.2, 0.25) is 0 Å². The molecule has 0 aliphatic heterocycles. The summed E-state index contributed by atoms with van der Waals surface area (Å²) < 4.78 is 0.965. The predicted molar refractivity (Wildman–Crippen MR) is 81.1 cm³/mol. The quantitative estimate of drug-likeness (QED) is 0.934. The average Bonchev–Trinajstić information content (AvgIpc) is 2.35. The highest BCUT2D eigenvalue weighted by Gasteiger charge is 2.12. The summed E-state index contributed by atoms with van der Waals surface area (Å²) in [6.45, 7) is 4.31. The number of halogens is 1. The minimum Gasteiger partial charge on any atom is -0.366 e. The molecule has 0 aliphatic rings. The van der Waals surface area contributed by atoms with Crippen LogP contribution in [0.3, 0.4) is 0 Å². The number of fused-ring (bicyclic) bond motifs is 1. The normalized spacial score (nSPS) is 11.2. The number of hydrogen-bond acceptors (Lipinski definition) is 2. The Labute approximate surface area is 121 Å². The standard InChI is InChI=1S/C15H17BrN2O/c1-9(2)3-5-14-12(15(17)19)8-10-7-11(16)4-6-13(10)18-14/h4,6-9H,3,5H2,1-2H3,(H2,17,19). The maximum atomic E-state index is 11.6. The molecule has 0 spiro atoms. The molecule has 2 aromatic rings. The van der Waals surface area contributed by atoms with E-state index in [9.17, 15) is 4.79 Å². The van der Waals surface area contributed by atoms with Gasteiger partial charge in [-0.05, 0) is 43.0 Å². The van der Waals surface area contributed by atoms with Gasteiger partial charge < -0.3 is 5.73 Å². The molecule has 4 heteroatoms. The number of aryl methyl sites for hydroxylation is 1. The van der Waals surface area contributed by atoms with Crippen LogP contribution in [0.25, 0.3) is 10.9 Å². The Balaban J connectivity index is 2.51. The van der Waals surface area contributed by atoms with E-state index >= 15 is 0 Å². The molecule has 0 saturated heterocycles. The third kappa shape index (κ3) is 3.32. The first-order chi connectivity index (χ1) is 8.97. The van der Waals surface area contributed by atoms with Crippen LogP contribution < -0.4 is 5.73 Å². The number of nitrogens with zero attached hydrogens (tertiary/aromatic N) is 1. The van der Waals surface area contributed by atoms with Gasteiger partial charge in [0.1, 0.15) is 0 Å². The van der Waals surface area contributed by atoms with Crippen molar-refractivity contribution in [3.8, 4) is 0 Å². The minimum absolute atomic E-state index is 0.409. The van der Waals surface area contributed by atoms with Crippen molar-refractivity contribution >= 4 is 32.7 Å². The number of nitrogens with two attached hydrogens (primary N) is 1. The van der Waals surface area contributed by atoms with Crippen LogP contribution in [0.15, 0.2) is 28.7 Å². The lowest BCUT2D eigenvalue weighted by Gasteiger charge is -2.10. The number of primary amides is 1. The van der Waals surface area contributed by atoms with Crippen LogP contribution in [-0.4, -0.2) is 10.9 Å². The summed E-state index contributed by atoms with van der Waals surface area (Å²) in [6, 6.07) is 7.68. The van der Waals surface area contributed by atoms with Crippen LogP contribution in [-0.2, 0) is 6.42 Å². The van der Waals surface area contributed by atoms with Gasteiger partial charge in [-0.3, -0.25) is 9.78 Å². The van der Waals surface area contributed by atoms with Gasteiger partial charge in [0.25, 0.3) is 5.91 Å². The van der Waals surface area contributed by atoms with Gasteiger partial charge in [0.2, 0.25) is 0 Å². The first kappa shape index (κ1) is 14.0. The van der Waals surface area contributed by atoms with Gasteiger partial charge in [0.15, 0.2) is 0 Å². The van der Waals surface area contributed by atoms with Crippen molar-refractivity contribution in [2.45, 2.75) is 26.7 Å². The Morgan fingerprint density at radius 2 is 2.11 bits per heavy atom. The Morgan fingerprint density at radius 1 is 1.37 bits per heavy atom. The van der Waals surface area contributed by atoms with Gasteiger partial charge >= 0.3 is 0 Å². The number of carbonyl (C=O) groups is 1. The van der Waals surface area contributed by atoms with E-state index < -0.39 is 5.91 Å². The van der Waals surface area contributed by atoms with Gasteiger partial charge in [-0.1, -0.05) is 29.8 Å². The summed E-state index contributed by atoms with van der Waals surface area (Å²) in [5, 5.41) is 0.927. The molecule has 0 fully saturated rings. The van der Waals surface area contributed by atoms with Crippen molar-refractivity contribution < 1.29 is 4.79 Å². The first-order valence-corrected chi connectivity index (χ1v) is 7.15. The fourth-order valence-electron chi connectivity index (χ4n) is 2.02. The number of pyridine rings is 1. The maximum absolute atomic E-state index is 11.6. The molecule has 2 rings (SSSR count). The average molecular weight is 321 g/mol. The summed E-state index contributed by atoms with van der Waals surface area (Å²) >= 11 is 3.42. The van der Waals surface area contributed by atoms with Gasteiger partial charge in [-0.25, -0.2) is 0 Å². The van der Waals surface area contributed by atoms with E-state index in [0.717, 1.165) is 33.9 Å². The number of hydrogen-bond donors (Lipinski definition) is 1. The number of aromatic nitrogens is 1. The van der Waals surface area contributed by atoms with E-state index in [1.165, 1.54) is 0 Å². The zero-order chi connectivity index (χ0) is 14.0. The SMILES string of the molecule is CC(C)CCc1nc2ccc(Br)cc2cc1C(N)=O. The molecule has 2 N–H and O–H groups in total. The molecule has 100 valence electrons. The van der Waals surface area contributed by atoms with Crippen molar-refractivity contribution in [2.75, 3.05) is 0 Å². The second-order valence-electron chi connectivity index (χ2n) is 5.12. The molecule has 0 saturated carbocycles. The van der Waals surface area contributed by atoms with Crippen molar-refractivity contribution in [3.63, 3.8) is 0 Å². The lowest BCUT2D eigenvalue weighted by atomic mass is 10.0. The highest BCUT2D eigenvalue weighted by Crippen LogP contribution is 2.22. The zero-order valence-electron chi connectivity index (χ0n) is 11.1. The molecule has 1 amide bonds. The maximum Gasteiger partial charge on any atom is 0.250 e. The van der Waals surface area contributed by atoms with E-state index in [4.69, 9.17) is 5.73 Å². The highest BCUT2D eigenvalue weighted by molar-refractivity contribution is 9.10. The van der Waals surface area contributed by atoms with Crippen LogP contribution >= 0.6 is 15.9 Å². The molecule has 0 atom stereocenters. The second kappa shape index (κ2) is 5.70. The van der Waals surface area contributed by atoms with Crippen molar-refractivity contribution in [1.82, 2.24) is 4.98 Å². The van der Waals surface area contributed by atoms with E-state index in [1.807, 2.05) is 24.3 Å². The summed E-state index contributed by atoms with van der Waals surface area (Å²) in [7, 11) is 0. The van der Waals surface area contributed by atoms with Gasteiger partial charge in [-0.2, -0.15) is 0 Å². The number of rotatable bonds is 4. The number of benzene rings is 1. The second-order valence-corrected chi connectivity index (χ2v) is 6.03. The van der Waals surface area contributed by atoms with Crippen LogP contribution in [0.1, 0.15) is 36.3 Å². The monoisotopic (exact) mass is 320 g/mol. The molecular weight excluding hydrogens is 304 g/mol.